The molecule has 0 spiro atoms. The van der Waals surface area contributed by atoms with Crippen molar-refractivity contribution in [1.29, 1.82) is 0 Å². The van der Waals surface area contributed by atoms with Gasteiger partial charge in [-0.1, -0.05) is 62.1 Å². The van der Waals surface area contributed by atoms with Gasteiger partial charge in [0.2, 0.25) is 0 Å². The summed E-state index contributed by atoms with van der Waals surface area (Å²) in [5.74, 6) is 4.05. The standard InChI is InChI=1S/C14H32N2S2.2ClH/c1-5-13(3)11-15-7-9-17-18-10-8-16-12-14(4)6-2;;/h13-16H,5-12H2,1-4H3;2*1H/t13-,14-;;/m0../s1. The maximum absolute atomic E-state index is 3.51. The highest BCUT2D eigenvalue weighted by molar-refractivity contribution is 8.76. The molecule has 0 aliphatic heterocycles. The van der Waals surface area contributed by atoms with E-state index in [2.05, 4.69) is 38.3 Å². The van der Waals surface area contributed by atoms with Gasteiger partial charge in [0, 0.05) is 24.6 Å². The van der Waals surface area contributed by atoms with Gasteiger partial charge in [-0.3, -0.25) is 0 Å². The van der Waals surface area contributed by atoms with E-state index >= 15 is 0 Å². The largest absolute Gasteiger partial charge is 0.316 e. The zero-order valence-electron chi connectivity index (χ0n) is 13.4. The predicted molar refractivity (Wildman–Crippen MR) is 104 cm³/mol. The summed E-state index contributed by atoms with van der Waals surface area (Å²) >= 11 is 0. The van der Waals surface area contributed by atoms with Crippen molar-refractivity contribution >= 4 is 46.4 Å². The van der Waals surface area contributed by atoms with E-state index in [1.807, 2.05) is 21.6 Å². The Morgan fingerprint density at radius 1 is 0.750 bits per heavy atom. The molecule has 0 amide bonds. The second-order valence-electron chi connectivity index (χ2n) is 5.08. The molecule has 0 saturated carbocycles. The third-order valence-electron chi connectivity index (χ3n) is 3.19. The molecule has 0 radical (unpaired) electrons. The lowest BCUT2D eigenvalue weighted by molar-refractivity contribution is 0.511. The molecule has 2 nitrogen and oxygen atoms in total. The first-order chi connectivity index (χ1) is 8.70. The molecular weight excluding hydrogens is 331 g/mol. The van der Waals surface area contributed by atoms with Crippen LogP contribution in [0.25, 0.3) is 0 Å². The van der Waals surface area contributed by atoms with E-state index in [1.54, 1.807) is 0 Å². The van der Waals surface area contributed by atoms with Crippen LogP contribution in [0.4, 0.5) is 0 Å². The van der Waals surface area contributed by atoms with Crippen molar-refractivity contribution in [2.75, 3.05) is 37.7 Å². The van der Waals surface area contributed by atoms with Crippen LogP contribution < -0.4 is 10.6 Å². The molecule has 20 heavy (non-hydrogen) atoms. The van der Waals surface area contributed by atoms with E-state index in [0.29, 0.717) is 0 Å². The van der Waals surface area contributed by atoms with Crippen molar-refractivity contribution in [2.45, 2.75) is 40.5 Å². The van der Waals surface area contributed by atoms with Gasteiger partial charge in [-0.2, -0.15) is 0 Å². The van der Waals surface area contributed by atoms with Crippen molar-refractivity contribution in [3.63, 3.8) is 0 Å². The normalized spacial score (nSPS) is 13.2. The first kappa shape index (κ1) is 26.1. The zero-order chi connectivity index (χ0) is 13.6. The highest BCUT2D eigenvalue weighted by atomic mass is 35.5. The average Bonchev–Trinajstić information content (AvgIpc) is 2.40. The third kappa shape index (κ3) is 19.2. The maximum Gasteiger partial charge on any atom is 0.0162 e. The maximum atomic E-state index is 3.51. The number of rotatable bonds is 13. The fraction of sp³-hybridized carbons (Fsp3) is 1.00. The Morgan fingerprint density at radius 3 is 1.40 bits per heavy atom. The first-order valence-corrected chi connectivity index (χ1v) is 9.85. The van der Waals surface area contributed by atoms with Gasteiger partial charge in [0.05, 0.1) is 0 Å². The third-order valence-corrected chi connectivity index (χ3v) is 5.60. The van der Waals surface area contributed by atoms with Gasteiger partial charge in [0.25, 0.3) is 0 Å². The molecule has 0 aromatic rings. The van der Waals surface area contributed by atoms with Gasteiger partial charge in [0.15, 0.2) is 0 Å². The van der Waals surface area contributed by atoms with Crippen molar-refractivity contribution in [3.8, 4) is 0 Å². The van der Waals surface area contributed by atoms with Gasteiger partial charge in [0.1, 0.15) is 0 Å². The van der Waals surface area contributed by atoms with E-state index in [-0.39, 0.29) is 24.8 Å². The molecule has 2 N–H and O–H groups in total. The highest BCUT2D eigenvalue weighted by Gasteiger charge is 1.98. The van der Waals surface area contributed by atoms with Crippen LogP contribution in [0.15, 0.2) is 0 Å². The summed E-state index contributed by atoms with van der Waals surface area (Å²) in [5, 5.41) is 7.02. The summed E-state index contributed by atoms with van der Waals surface area (Å²) in [6.07, 6.45) is 2.55. The summed E-state index contributed by atoms with van der Waals surface area (Å²) in [4.78, 5) is 0. The van der Waals surface area contributed by atoms with Gasteiger partial charge in [-0.25, -0.2) is 0 Å². The van der Waals surface area contributed by atoms with Crippen LogP contribution >= 0.6 is 46.4 Å². The van der Waals surface area contributed by atoms with Crippen LogP contribution in [-0.4, -0.2) is 37.7 Å². The minimum atomic E-state index is 0. The Kier molecular flexibility index (Phi) is 26.4. The molecule has 0 aromatic heterocycles. The summed E-state index contributed by atoms with van der Waals surface area (Å²) in [7, 11) is 3.98. The molecule has 0 rings (SSSR count). The molecule has 0 aromatic carbocycles. The van der Waals surface area contributed by atoms with E-state index in [4.69, 9.17) is 0 Å². The second-order valence-corrected chi connectivity index (χ2v) is 7.78. The van der Waals surface area contributed by atoms with Gasteiger partial charge >= 0.3 is 0 Å². The Morgan fingerprint density at radius 2 is 1.10 bits per heavy atom. The SMILES string of the molecule is CC[C@H](C)CNCCSSCCNC[C@@H](C)CC.Cl.Cl. The molecule has 0 bridgehead atoms. The molecule has 0 unspecified atom stereocenters. The number of nitrogens with one attached hydrogen (secondary N) is 2. The molecule has 0 heterocycles. The van der Waals surface area contributed by atoms with Crippen LogP contribution in [-0.2, 0) is 0 Å². The lowest BCUT2D eigenvalue weighted by atomic mass is 10.1. The molecule has 126 valence electrons. The first-order valence-electron chi connectivity index (χ1n) is 7.36. The summed E-state index contributed by atoms with van der Waals surface area (Å²) < 4.78 is 0. The monoisotopic (exact) mass is 364 g/mol. The number of halogens is 2. The highest BCUT2D eigenvalue weighted by Crippen LogP contribution is 2.19. The minimum Gasteiger partial charge on any atom is -0.316 e. The van der Waals surface area contributed by atoms with Crippen LogP contribution in [0, 0.1) is 11.8 Å². The molecule has 0 saturated heterocycles. The van der Waals surface area contributed by atoms with Gasteiger partial charge in [-0.15, -0.1) is 24.8 Å². The van der Waals surface area contributed by atoms with Gasteiger partial charge in [-0.05, 0) is 24.9 Å². The second kappa shape index (κ2) is 20.2. The van der Waals surface area contributed by atoms with Crippen molar-refractivity contribution < 1.29 is 0 Å². The topological polar surface area (TPSA) is 24.1 Å². The number of hydrogen-bond donors (Lipinski definition) is 2. The Hall–Kier alpha value is 1.20. The lowest BCUT2D eigenvalue weighted by Gasteiger charge is -2.10. The van der Waals surface area contributed by atoms with Crippen molar-refractivity contribution in [1.82, 2.24) is 10.6 Å². The molecule has 0 aliphatic carbocycles. The Labute approximate surface area is 147 Å². The van der Waals surface area contributed by atoms with E-state index in [1.165, 1.54) is 24.3 Å². The van der Waals surface area contributed by atoms with Crippen LogP contribution in [0.5, 0.6) is 0 Å². The smallest absolute Gasteiger partial charge is 0.0162 e. The van der Waals surface area contributed by atoms with Crippen LogP contribution in [0.1, 0.15) is 40.5 Å². The fourth-order valence-corrected chi connectivity index (χ4v) is 3.23. The summed E-state index contributed by atoms with van der Waals surface area (Å²) in [5.41, 5.74) is 0. The van der Waals surface area contributed by atoms with Crippen LogP contribution in [0.2, 0.25) is 0 Å². The molecule has 0 aliphatic rings. The van der Waals surface area contributed by atoms with Gasteiger partial charge < -0.3 is 10.6 Å². The van der Waals surface area contributed by atoms with E-state index in [0.717, 1.165) is 38.0 Å². The quantitative estimate of drug-likeness (QED) is 0.371. The molecule has 0 fully saturated rings. The predicted octanol–water partition coefficient (Wildman–Crippen LogP) is 4.48. The Balaban J connectivity index is -0.00000144. The van der Waals surface area contributed by atoms with E-state index < -0.39 is 0 Å². The lowest BCUT2D eigenvalue weighted by Crippen LogP contribution is -2.23. The zero-order valence-corrected chi connectivity index (χ0v) is 16.7. The minimum absolute atomic E-state index is 0. The summed E-state index contributed by atoms with van der Waals surface area (Å²) in [6.45, 7) is 13.7. The van der Waals surface area contributed by atoms with Crippen molar-refractivity contribution in [3.05, 3.63) is 0 Å². The Bertz CT molecular complexity index is 159. The van der Waals surface area contributed by atoms with Crippen LogP contribution in [0.3, 0.4) is 0 Å². The fourth-order valence-electron chi connectivity index (χ4n) is 1.33. The molecular formula is C14H34Cl2N2S2. The molecule has 6 heteroatoms. The summed E-state index contributed by atoms with van der Waals surface area (Å²) in [6, 6.07) is 0. The number of hydrogen-bond acceptors (Lipinski definition) is 4. The van der Waals surface area contributed by atoms with E-state index in [9.17, 15) is 0 Å². The molecule has 2 atom stereocenters. The van der Waals surface area contributed by atoms with Crippen molar-refractivity contribution in [2.24, 2.45) is 11.8 Å². The average molecular weight is 365 g/mol.